The maximum Gasteiger partial charge on any atom is 0.258 e. The Bertz CT molecular complexity index is 549. The highest BCUT2D eigenvalue weighted by molar-refractivity contribution is 6.05. The van der Waals surface area contributed by atoms with E-state index in [4.69, 9.17) is 5.73 Å². The third-order valence-corrected chi connectivity index (χ3v) is 2.68. The second-order valence-electron chi connectivity index (χ2n) is 3.96. The molecule has 2 aromatic carbocycles. The molecule has 0 fully saturated rings. The van der Waals surface area contributed by atoms with Crippen LogP contribution in [0.4, 0.5) is 15.8 Å². The van der Waals surface area contributed by atoms with E-state index in [2.05, 4.69) is 0 Å². The molecule has 0 bridgehead atoms. The summed E-state index contributed by atoms with van der Waals surface area (Å²) in [4.78, 5) is 13.6. The fourth-order valence-electron chi connectivity index (χ4n) is 1.60. The van der Waals surface area contributed by atoms with Crippen molar-refractivity contribution in [2.45, 2.75) is 0 Å². The molecule has 0 radical (unpaired) electrons. The third-order valence-electron chi connectivity index (χ3n) is 2.68. The second-order valence-corrected chi connectivity index (χ2v) is 3.96. The van der Waals surface area contributed by atoms with Gasteiger partial charge in [0.05, 0.1) is 0 Å². The number of hydrogen-bond donors (Lipinski definition) is 1. The molecule has 1 amide bonds. The first-order valence-electron chi connectivity index (χ1n) is 5.47. The van der Waals surface area contributed by atoms with Gasteiger partial charge in [0.25, 0.3) is 5.91 Å². The quantitative estimate of drug-likeness (QED) is 0.825. The molecule has 2 rings (SSSR count). The standard InChI is InChI=1S/C14H13FN2O/c1-17(13-8-6-12(16)7-9-13)14(18)10-2-4-11(15)5-3-10/h2-9H,16H2,1H3. The lowest BCUT2D eigenvalue weighted by molar-refractivity contribution is 0.0993. The van der Waals surface area contributed by atoms with Crippen molar-refractivity contribution in [1.29, 1.82) is 0 Å². The van der Waals surface area contributed by atoms with E-state index >= 15 is 0 Å². The van der Waals surface area contributed by atoms with Crippen LogP contribution in [0, 0.1) is 5.82 Å². The van der Waals surface area contributed by atoms with Crippen LogP contribution >= 0.6 is 0 Å². The van der Waals surface area contributed by atoms with Gasteiger partial charge in [0.1, 0.15) is 5.82 Å². The number of carbonyl (C=O) groups excluding carboxylic acids is 1. The number of halogens is 1. The van der Waals surface area contributed by atoms with Crippen molar-refractivity contribution in [2.24, 2.45) is 0 Å². The van der Waals surface area contributed by atoms with Gasteiger partial charge in [-0.1, -0.05) is 0 Å². The van der Waals surface area contributed by atoms with Crippen molar-refractivity contribution in [3.63, 3.8) is 0 Å². The monoisotopic (exact) mass is 244 g/mol. The van der Waals surface area contributed by atoms with Gasteiger partial charge in [-0.05, 0) is 48.5 Å². The van der Waals surface area contributed by atoms with E-state index in [1.54, 1.807) is 31.3 Å². The van der Waals surface area contributed by atoms with Crippen molar-refractivity contribution in [1.82, 2.24) is 0 Å². The smallest absolute Gasteiger partial charge is 0.258 e. The summed E-state index contributed by atoms with van der Waals surface area (Å²) in [7, 11) is 1.66. The number of nitrogen functional groups attached to an aromatic ring is 1. The highest BCUT2D eigenvalue weighted by Crippen LogP contribution is 2.17. The SMILES string of the molecule is CN(C(=O)c1ccc(F)cc1)c1ccc(N)cc1. The fourth-order valence-corrected chi connectivity index (χ4v) is 1.60. The van der Waals surface area contributed by atoms with Crippen LogP contribution in [-0.2, 0) is 0 Å². The first-order chi connectivity index (χ1) is 8.58. The van der Waals surface area contributed by atoms with Crippen LogP contribution in [0.2, 0.25) is 0 Å². The van der Waals surface area contributed by atoms with E-state index in [0.717, 1.165) is 5.69 Å². The zero-order chi connectivity index (χ0) is 13.1. The first kappa shape index (κ1) is 12.1. The van der Waals surface area contributed by atoms with Crippen LogP contribution in [0.25, 0.3) is 0 Å². The van der Waals surface area contributed by atoms with E-state index in [0.29, 0.717) is 11.3 Å². The Hall–Kier alpha value is -2.36. The summed E-state index contributed by atoms with van der Waals surface area (Å²) < 4.78 is 12.8. The molecule has 0 aliphatic rings. The molecule has 2 N–H and O–H groups in total. The molecule has 0 atom stereocenters. The minimum absolute atomic E-state index is 0.195. The predicted molar refractivity (Wildman–Crippen MR) is 70.0 cm³/mol. The lowest BCUT2D eigenvalue weighted by atomic mass is 10.2. The Labute approximate surface area is 105 Å². The molecular formula is C14H13FN2O. The molecule has 4 heteroatoms. The number of rotatable bonds is 2. The van der Waals surface area contributed by atoms with Gasteiger partial charge in [-0.25, -0.2) is 4.39 Å². The summed E-state index contributed by atoms with van der Waals surface area (Å²) in [5.41, 5.74) is 7.40. The third kappa shape index (κ3) is 2.48. The summed E-state index contributed by atoms with van der Waals surface area (Å²) in [6.07, 6.45) is 0. The summed E-state index contributed by atoms with van der Waals surface area (Å²) in [5, 5.41) is 0. The van der Waals surface area contributed by atoms with E-state index in [1.807, 2.05) is 0 Å². The molecular weight excluding hydrogens is 231 g/mol. The van der Waals surface area contributed by atoms with Crippen LogP contribution in [0.3, 0.4) is 0 Å². The van der Waals surface area contributed by atoms with E-state index < -0.39 is 0 Å². The lowest BCUT2D eigenvalue weighted by Crippen LogP contribution is -2.26. The molecule has 0 aromatic heterocycles. The Balaban J connectivity index is 2.23. The molecule has 0 spiro atoms. The summed E-state index contributed by atoms with van der Waals surface area (Å²) in [6, 6.07) is 12.4. The molecule has 92 valence electrons. The summed E-state index contributed by atoms with van der Waals surface area (Å²) >= 11 is 0. The number of amides is 1. The van der Waals surface area contributed by atoms with Crippen LogP contribution in [0.1, 0.15) is 10.4 Å². The molecule has 0 unspecified atom stereocenters. The largest absolute Gasteiger partial charge is 0.399 e. The van der Waals surface area contributed by atoms with Crippen LogP contribution in [-0.4, -0.2) is 13.0 Å². The minimum Gasteiger partial charge on any atom is -0.399 e. The van der Waals surface area contributed by atoms with Crippen molar-refractivity contribution < 1.29 is 9.18 Å². The first-order valence-corrected chi connectivity index (χ1v) is 5.47. The topological polar surface area (TPSA) is 46.3 Å². The molecule has 3 nitrogen and oxygen atoms in total. The number of benzene rings is 2. The second kappa shape index (κ2) is 4.87. The van der Waals surface area contributed by atoms with E-state index in [-0.39, 0.29) is 11.7 Å². The number of anilines is 2. The van der Waals surface area contributed by atoms with Crippen LogP contribution < -0.4 is 10.6 Å². The van der Waals surface area contributed by atoms with Gasteiger partial charge in [0.15, 0.2) is 0 Å². The molecule has 18 heavy (non-hydrogen) atoms. The average Bonchev–Trinajstić information content (AvgIpc) is 2.39. The molecule has 0 saturated heterocycles. The summed E-state index contributed by atoms with van der Waals surface area (Å²) in [5.74, 6) is -0.554. The summed E-state index contributed by atoms with van der Waals surface area (Å²) in [6.45, 7) is 0. The molecule has 0 heterocycles. The van der Waals surface area contributed by atoms with Gasteiger partial charge in [0, 0.05) is 24.0 Å². The predicted octanol–water partition coefficient (Wildman–Crippen LogP) is 2.68. The van der Waals surface area contributed by atoms with E-state index in [1.165, 1.54) is 29.2 Å². The number of nitrogens with two attached hydrogens (primary N) is 1. The zero-order valence-corrected chi connectivity index (χ0v) is 9.93. The molecule has 2 aromatic rings. The molecule has 0 aliphatic carbocycles. The number of carbonyl (C=O) groups is 1. The van der Waals surface area contributed by atoms with Gasteiger partial charge in [0.2, 0.25) is 0 Å². The van der Waals surface area contributed by atoms with Gasteiger partial charge < -0.3 is 10.6 Å². The highest BCUT2D eigenvalue weighted by atomic mass is 19.1. The van der Waals surface area contributed by atoms with Gasteiger partial charge >= 0.3 is 0 Å². The van der Waals surface area contributed by atoms with Crippen LogP contribution in [0.5, 0.6) is 0 Å². The van der Waals surface area contributed by atoms with Crippen molar-refractivity contribution in [3.05, 3.63) is 59.9 Å². The Morgan fingerprint density at radius 2 is 1.61 bits per heavy atom. The normalized spacial score (nSPS) is 10.1. The average molecular weight is 244 g/mol. The Morgan fingerprint density at radius 3 is 2.17 bits per heavy atom. The van der Waals surface area contributed by atoms with Crippen molar-refractivity contribution in [2.75, 3.05) is 17.7 Å². The van der Waals surface area contributed by atoms with Crippen LogP contribution in [0.15, 0.2) is 48.5 Å². The minimum atomic E-state index is -0.360. The zero-order valence-electron chi connectivity index (χ0n) is 9.93. The fraction of sp³-hybridized carbons (Fsp3) is 0.0714. The van der Waals surface area contributed by atoms with E-state index in [9.17, 15) is 9.18 Å². The Morgan fingerprint density at radius 1 is 1.06 bits per heavy atom. The van der Waals surface area contributed by atoms with Gasteiger partial charge in [-0.15, -0.1) is 0 Å². The Kier molecular flexibility index (Phi) is 3.28. The molecule has 0 saturated carbocycles. The lowest BCUT2D eigenvalue weighted by Gasteiger charge is -2.17. The van der Waals surface area contributed by atoms with Gasteiger partial charge in [-0.2, -0.15) is 0 Å². The van der Waals surface area contributed by atoms with Crippen molar-refractivity contribution >= 4 is 17.3 Å². The number of hydrogen-bond acceptors (Lipinski definition) is 2. The van der Waals surface area contributed by atoms with Gasteiger partial charge in [-0.3, -0.25) is 4.79 Å². The van der Waals surface area contributed by atoms with Crippen molar-refractivity contribution in [3.8, 4) is 0 Å². The maximum absolute atomic E-state index is 12.8. The number of nitrogens with zero attached hydrogens (tertiary/aromatic N) is 1. The maximum atomic E-state index is 12.8. The highest BCUT2D eigenvalue weighted by Gasteiger charge is 2.13. The molecule has 0 aliphatic heterocycles.